The van der Waals surface area contributed by atoms with Crippen molar-refractivity contribution in [2.75, 3.05) is 31.6 Å². The molecule has 44 heavy (non-hydrogen) atoms. The van der Waals surface area contributed by atoms with Crippen LogP contribution in [0.15, 0.2) is 97.6 Å². The number of nitro benzene ring substituents is 1. The summed E-state index contributed by atoms with van der Waals surface area (Å²) in [5.74, 6) is 0. The largest absolute Gasteiger partial charge is 0.445 e. The fraction of sp³-hybridized carbons (Fsp3) is 0.417. The van der Waals surface area contributed by atoms with E-state index in [9.17, 15) is 14.9 Å². The lowest BCUT2D eigenvalue weighted by atomic mass is 9.78. The second-order valence-corrected chi connectivity index (χ2v) is 12.5. The first-order valence-corrected chi connectivity index (χ1v) is 15.6. The number of nitro groups is 1. The van der Waals surface area contributed by atoms with E-state index in [1.807, 2.05) is 4.90 Å². The summed E-state index contributed by atoms with van der Waals surface area (Å²) in [6, 6.07) is 28.5. The highest BCUT2D eigenvalue weighted by Gasteiger charge is 2.44. The molecule has 3 aromatic rings. The lowest BCUT2D eigenvalue weighted by Gasteiger charge is -2.44. The molecule has 0 spiro atoms. The van der Waals surface area contributed by atoms with Crippen LogP contribution in [0.1, 0.15) is 50.2 Å². The standard InChI is InChI=1S/C36H44N4O4/c1-4-22-39(35(41)44-26-28-15-17-31(18-16-28)40(42)43)34-24-32-19-20-33(25-34)38(32)23-21-36(2,29-11-7-5-8-12-29)27-37(3)30-13-9-6-10-14-30/h4-18,32-34H,1,19-27H2,2-3H3/t32?,33?,34?,36-/m1/s1. The van der Waals surface area contributed by atoms with Crippen LogP contribution in [0.5, 0.6) is 0 Å². The smallest absolute Gasteiger partial charge is 0.410 e. The molecular weight excluding hydrogens is 552 g/mol. The third-order valence-electron chi connectivity index (χ3n) is 9.55. The lowest BCUT2D eigenvalue weighted by molar-refractivity contribution is -0.384. The van der Waals surface area contributed by atoms with Crippen LogP contribution in [0.2, 0.25) is 0 Å². The van der Waals surface area contributed by atoms with Gasteiger partial charge in [0.05, 0.1) is 4.92 Å². The van der Waals surface area contributed by atoms with E-state index in [0.29, 0.717) is 18.6 Å². The van der Waals surface area contributed by atoms with Crippen LogP contribution in [0.4, 0.5) is 16.2 Å². The van der Waals surface area contributed by atoms with E-state index in [-0.39, 0.29) is 29.8 Å². The zero-order valence-corrected chi connectivity index (χ0v) is 25.9. The normalized spacial score (nSPS) is 20.8. The van der Waals surface area contributed by atoms with Gasteiger partial charge in [-0.15, -0.1) is 6.58 Å². The summed E-state index contributed by atoms with van der Waals surface area (Å²) in [6.07, 6.45) is 6.57. The van der Waals surface area contributed by atoms with Gasteiger partial charge in [-0.1, -0.05) is 61.5 Å². The van der Waals surface area contributed by atoms with Crippen molar-refractivity contribution in [3.63, 3.8) is 0 Å². The maximum atomic E-state index is 13.3. The monoisotopic (exact) mass is 596 g/mol. The van der Waals surface area contributed by atoms with Crippen molar-refractivity contribution in [1.29, 1.82) is 0 Å². The molecule has 2 aliphatic rings. The Morgan fingerprint density at radius 3 is 2.23 bits per heavy atom. The van der Waals surface area contributed by atoms with E-state index in [2.05, 4.69) is 91.0 Å². The van der Waals surface area contributed by atoms with Crippen molar-refractivity contribution >= 4 is 17.5 Å². The molecule has 8 nitrogen and oxygen atoms in total. The number of carbonyl (C=O) groups excluding carboxylic acids is 1. The van der Waals surface area contributed by atoms with Gasteiger partial charge in [0.15, 0.2) is 0 Å². The number of rotatable bonds is 13. The Hall–Kier alpha value is -4.17. The van der Waals surface area contributed by atoms with Gasteiger partial charge in [0.1, 0.15) is 6.61 Å². The molecule has 2 heterocycles. The van der Waals surface area contributed by atoms with Crippen LogP contribution in [-0.4, -0.2) is 65.6 Å². The second-order valence-electron chi connectivity index (χ2n) is 12.5. The van der Waals surface area contributed by atoms with Crippen molar-refractivity contribution in [2.45, 2.75) is 69.2 Å². The van der Waals surface area contributed by atoms with Gasteiger partial charge in [-0.3, -0.25) is 15.0 Å². The van der Waals surface area contributed by atoms with Crippen molar-refractivity contribution in [1.82, 2.24) is 9.80 Å². The Bertz CT molecular complexity index is 1390. The first-order valence-electron chi connectivity index (χ1n) is 15.6. The molecular formula is C36H44N4O4. The van der Waals surface area contributed by atoms with Crippen LogP contribution >= 0.6 is 0 Å². The van der Waals surface area contributed by atoms with Crippen molar-refractivity contribution < 1.29 is 14.5 Å². The van der Waals surface area contributed by atoms with E-state index in [1.165, 1.54) is 23.4 Å². The van der Waals surface area contributed by atoms with E-state index < -0.39 is 4.92 Å². The zero-order chi connectivity index (χ0) is 31.1. The Balaban J connectivity index is 1.22. The minimum Gasteiger partial charge on any atom is -0.445 e. The molecule has 2 fully saturated rings. The minimum atomic E-state index is -0.437. The summed E-state index contributed by atoms with van der Waals surface area (Å²) in [5, 5.41) is 10.9. The Kier molecular flexibility index (Phi) is 10.0. The second kappa shape index (κ2) is 14.1. The Labute approximate surface area is 261 Å². The number of nitrogens with zero attached hydrogens (tertiary/aromatic N) is 4. The number of amides is 1. The molecule has 0 saturated carbocycles. The Morgan fingerprint density at radius 2 is 1.64 bits per heavy atom. The van der Waals surface area contributed by atoms with E-state index in [4.69, 9.17) is 4.74 Å². The fourth-order valence-electron chi connectivity index (χ4n) is 7.15. The maximum Gasteiger partial charge on any atom is 0.410 e. The molecule has 1 amide bonds. The van der Waals surface area contributed by atoms with E-state index >= 15 is 0 Å². The van der Waals surface area contributed by atoms with Gasteiger partial charge >= 0.3 is 6.09 Å². The number of carbonyl (C=O) groups is 1. The molecule has 0 radical (unpaired) electrons. The van der Waals surface area contributed by atoms with Crippen molar-refractivity contribution in [3.8, 4) is 0 Å². The van der Waals surface area contributed by atoms with Gasteiger partial charge in [-0.05, 0) is 74.0 Å². The number of hydrogen-bond acceptors (Lipinski definition) is 6. The highest BCUT2D eigenvalue weighted by molar-refractivity contribution is 5.68. The Morgan fingerprint density at radius 1 is 1.02 bits per heavy atom. The topological polar surface area (TPSA) is 79.2 Å². The molecule has 3 atom stereocenters. The third kappa shape index (κ3) is 7.30. The maximum absolute atomic E-state index is 13.3. The molecule has 0 N–H and O–H groups in total. The number of likely N-dealkylation sites (N-methyl/N-ethyl adjacent to an activating group) is 1. The van der Waals surface area contributed by atoms with Gasteiger partial charge < -0.3 is 14.5 Å². The lowest BCUT2D eigenvalue weighted by Crippen LogP contribution is -2.53. The van der Waals surface area contributed by atoms with Gasteiger partial charge in [-0.2, -0.15) is 0 Å². The summed E-state index contributed by atoms with van der Waals surface area (Å²) in [6.45, 7) is 8.73. The first-order chi connectivity index (χ1) is 21.3. The average Bonchev–Trinajstić information content (AvgIpc) is 3.28. The molecule has 2 saturated heterocycles. The number of benzene rings is 3. The van der Waals surface area contributed by atoms with Gasteiger partial charge in [0, 0.05) is 61.5 Å². The van der Waals surface area contributed by atoms with Crippen LogP contribution < -0.4 is 4.90 Å². The summed E-state index contributed by atoms with van der Waals surface area (Å²) < 4.78 is 5.68. The number of piperidine rings is 1. The number of ether oxygens (including phenoxy) is 1. The molecule has 232 valence electrons. The molecule has 0 aromatic heterocycles. The van der Waals surface area contributed by atoms with E-state index in [0.717, 1.165) is 50.8 Å². The predicted octanol–water partition coefficient (Wildman–Crippen LogP) is 7.20. The quantitative estimate of drug-likeness (QED) is 0.118. The molecule has 5 rings (SSSR count). The summed E-state index contributed by atoms with van der Waals surface area (Å²) in [7, 11) is 2.18. The molecule has 2 bridgehead atoms. The molecule has 3 aromatic carbocycles. The first kappa shape index (κ1) is 31.3. The van der Waals surface area contributed by atoms with Crippen LogP contribution in [0.25, 0.3) is 0 Å². The highest BCUT2D eigenvalue weighted by Crippen LogP contribution is 2.40. The number of para-hydroxylation sites is 1. The summed E-state index contributed by atoms with van der Waals surface area (Å²) in [5.41, 5.74) is 3.29. The van der Waals surface area contributed by atoms with Crippen LogP contribution in [-0.2, 0) is 16.8 Å². The third-order valence-corrected chi connectivity index (χ3v) is 9.55. The van der Waals surface area contributed by atoms with Gasteiger partial charge in [0.25, 0.3) is 5.69 Å². The van der Waals surface area contributed by atoms with Crippen molar-refractivity contribution in [3.05, 3.63) is 119 Å². The summed E-state index contributed by atoms with van der Waals surface area (Å²) in [4.78, 5) is 30.7. The molecule has 2 aliphatic heterocycles. The number of anilines is 1. The highest BCUT2D eigenvalue weighted by atomic mass is 16.6. The average molecular weight is 597 g/mol. The minimum absolute atomic E-state index is 0.0166. The van der Waals surface area contributed by atoms with Crippen LogP contribution in [0.3, 0.4) is 0 Å². The number of non-ortho nitro benzene ring substituents is 1. The predicted molar refractivity (Wildman–Crippen MR) is 175 cm³/mol. The fourth-order valence-corrected chi connectivity index (χ4v) is 7.15. The molecule has 2 unspecified atom stereocenters. The van der Waals surface area contributed by atoms with Crippen LogP contribution in [0, 0.1) is 10.1 Å². The number of fused-ring (bicyclic) bond motifs is 2. The summed E-state index contributed by atoms with van der Waals surface area (Å²) >= 11 is 0. The molecule has 8 heteroatoms. The number of hydrogen-bond donors (Lipinski definition) is 0. The SMILES string of the molecule is C=CCN(C(=O)OCc1ccc([N+](=O)[O-])cc1)C1CC2CCC(C1)N2CC[C@](C)(CN(C)c1ccccc1)c1ccccc1. The van der Waals surface area contributed by atoms with Gasteiger partial charge in [0.2, 0.25) is 0 Å². The van der Waals surface area contributed by atoms with E-state index in [1.54, 1.807) is 18.2 Å². The zero-order valence-electron chi connectivity index (χ0n) is 25.9. The van der Waals surface area contributed by atoms with Crippen molar-refractivity contribution in [2.24, 2.45) is 0 Å². The molecule has 0 aliphatic carbocycles. The van der Waals surface area contributed by atoms with Gasteiger partial charge in [-0.25, -0.2) is 4.79 Å².